The van der Waals surface area contributed by atoms with E-state index in [2.05, 4.69) is 4.72 Å². The van der Waals surface area contributed by atoms with Crippen molar-refractivity contribution in [3.05, 3.63) is 51.6 Å². The first-order valence-corrected chi connectivity index (χ1v) is 11.4. The maximum atomic E-state index is 12.7. The molecule has 3 rings (SSSR count). The molecule has 0 bridgehead atoms. The minimum absolute atomic E-state index is 0.0123. The largest absolute Gasteiger partial charge is 0.493 e. The monoisotopic (exact) mass is 436 g/mol. The number of methoxy groups -OCH3 is 2. The highest BCUT2D eigenvalue weighted by atomic mass is 32.2. The van der Waals surface area contributed by atoms with Crippen LogP contribution in [0.15, 0.2) is 46.1 Å². The van der Waals surface area contributed by atoms with E-state index in [9.17, 15) is 13.2 Å². The second-order valence-corrected chi connectivity index (χ2v) is 9.56. The smallest absolute Gasteiger partial charge is 0.308 e. The molecular weight excluding hydrogens is 412 g/mol. The first-order valence-electron chi connectivity index (χ1n) is 9.12. The quantitative estimate of drug-likeness (QED) is 0.586. The molecule has 0 fully saturated rings. The molecule has 1 heterocycles. The van der Waals surface area contributed by atoms with Crippen LogP contribution in [0.25, 0.3) is 10.2 Å². The predicted molar refractivity (Wildman–Crippen MR) is 115 cm³/mol. The number of nitrogens with one attached hydrogen (secondary N) is 1. The van der Waals surface area contributed by atoms with Crippen LogP contribution in [0.4, 0.5) is 0 Å². The third kappa shape index (κ3) is 4.47. The van der Waals surface area contributed by atoms with E-state index in [1.165, 1.54) is 6.07 Å². The normalized spacial score (nSPS) is 11.9. The van der Waals surface area contributed by atoms with Gasteiger partial charge in [-0.2, -0.15) is 0 Å². The average Bonchev–Trinajstić information content (AvgIpc) is 3.02. The second kappa shape index (κ2) is 8.56. The van der Waals surface area contributed by atoms with Crippen molar-refractivity contribution in [2.45, 2.75) is 31.2 Å². The van der Waals surface area contributed by atoms with E-state index in [-0.39, 0.29) is 22.4 Å². The molecule has 0 atom stereocenters. The predicted octanol–water partition coefficient (Wildman–Crippen LogP) is 3.18. The van der Waals surface area contributed by atoms with Gasteiger partial charge in [0.15, 0.2) is 11.5 Å². The fraction of sp³-hybridized carbons (Fsp3) is 0.350. The summed E-state index contributed by atoms with van der Waals surface area (Å²) in [6, 6.07) is 10.3. The van der Waals surface area contributed by atoms with Gasteiger partial charge in [0.25, 0.3) is 0 Å². The van der Waals surface area contributed by atoms with Crippen molar-refractivity contribution in [1.82, 2.24) is 9.29 Å². The summed E-state index contributed by atoms with van der Waals surface area (Å²) < 4.78 is 40.8. The molecule has 3 aromatic rings. The van der Waals surface area contributed by atoms with Crippen LogP contribution in [0, 0.1) is 0 Å². The maximum absolute atomic E-state index is 12.7. The molecule has 2 aromatic carbocycles. The number of hydrogen-bond donors (Lipinski definition) is 1. The Kier molecular flexibility index (Phi) is 6.30. The lowest BCUT2D eigenvalue weighted by Crippen LogP contribution is -2.26. The van der Waals surface area contributed by atoms with Crippen LogP contribution in [0.5, 0.6) is 11.5 Å². The summed E-state index contributed by atoms with van der Waals surface area (Å²) in [6.45, 7) is 4.08. The number of ether oxygens (including phenoxy) is 2. The summed E-state index contributed by atoms with van der Waals surface area (Å²) in [5.41, 5.74) is 1.67. The minimum Gasteiger partial charge on any atom is -0.493 e. The van der Waals surface area contributed by atoms with Crippen LogP contribution in [0.2, 0.25) is 0 Å². The number of rotatable bonds is 8. The minimum atomic E-state index is -3.68. The zero-order valence-corrected chi connectivity index (χ0v) is 18.4. The Morgan fingerprint density at radius 1 is 1.07 bits per heavy atom. The molecule has 9 heteroatoms. The highest BCUT2D eigenvalue weighted by Crippen LogP contribution is 2.28. The van der Waals surface area contributed by atoms with Crippen LogP contribution in [-0.2, 0) is 16.4 Å². The van der Waals surface area contributed by atoms with Gasteiger partial charge in [-0.05, 0) is 56.2 Å². The molecule has 156 valence electrons. The van der Waals surface area contributed by atoms with Gasteiger partial charge in [-0.1, -0.05) is 17.4 Å². The van der Waals surface area contributed by atoms with E-state index >= 15 is 0 Å². The standard InChI is InChI=1S/C20H24N2O5S2/c1-13(2)22-16-7-6-15(12-19(16)28-20(22)23)29(24,25)21-10-9-14-5-8-17(26-3)18(11-14)27-4/h5-8,11-13,21H,9-10H2,1-4H3. The van der Waals surface area contributed by atoms with Crippen molar-refractivity contribution in [1.29, 1.82) is 0 Å². The van der Waals surface area contributed by atoms with Gasteiger partial charge in [-0.15, -0.1) is 0 Å². The number of sulfonamides is 1. The number of nitrogens with zero attached hydrogens (tertiary/aromatic N) is 1. The van der Waals surface area contributed by atoms with E-state index in [0.29, 0.717) is 22.6 Å². The molecule has 0 unspecified atom stereocenters. The highest BCUT2D eigenvalue weighted by molar-refractivity contribution is 7.89. The van der Waals surface area contributed by atoms with Gasteiger partial charge in [0.05, 0.1) is 29.3 Å². The molecule has 29 heavy (non-hydrogen) atoms. The number of aromatic nitrogens is 1. The van der Waals surface area contributed by atoms with Gasteiger partial charge in [0, 0.05) is 12.6 Å². The molecule has 0 saturated heterocycles. The zero-order chi connectivity index (χ0) is 21.2. The highest BCUT2D eigenvalue weighted by Gasteiger charge is 2.17. The Morgan fingerprint density at radius 3 is 2.45 bits per heavy atom. The van der Waals surface area contributed by atoms with Crippen LogP contribution in [0.1, 0.15) is 25.5 Å². The zero-order valence-electron chi connectivity index (χ0n) is 16.8. The summed E-state index contributed by atoms with van der Waals surface area (Å²) in [6.07, 6.45) is 0.499. The van der Waals surface area contributed by atoms with Gasteiger partial charge >= 0.3 is 4.87 Å². The van der Waals surface area contributed by atoms with Gasteiger partial charge in [-0.25, -0.2) is 13.1 Å². The molecule has 1 N–H and O–H groups in total. The Bertz CT molecular complexity index is 1180. The first kappa shape index (κ1) is 21.4. The summed E-state index contributed by atoms with van der Waals surface area (Å²) >= 11 is 1.06. The third-order valence-electron chi connectivity index (χ3n) is 4.57. The summed E-state index contributed by atoms with van der Waals surface area (Å²) in [5.74, 6) is 1.22. The SMILES string of the molecule is COc1ccc(CCNS(=O)(=O)c2ccc3c(c2)sc(=O)n3C(C)C)cc1OC. The molecule has 0 aliphatic carbocycles. The van der Waals surface area contributed by atoms with Gasteiger partial charge in [0.2, 0.25) is 10.0 Å². The molecular formula is C20H24N2O5S2. The molecule has 0 aliphatic heterocycles. The Hall–Kier alpha value is -2.36. The van der Waals surface area contributed by atoms with Gasteiger partial charge in [0.1, 0.15) is 0 Å². The average molecular weight is 437 g/mol. The van der Waals surface area contributed by atoms with Crippen LogP contribution < -0.4 is 19.1 Å². The molecule has 0 saturated carbocycles. The summed E-state index contributed by atoms with van der Waals surface area (Å²) in [4.78, 5) is 12.2. The van der Waals surface area contributed by atoms with E-state index in [1.807, 2.05) is 26.0 Å². The van der Waals surface area contributed by atoms with E-state index in [4.69, 9.17) is 9.47 Å². The molecule has 0 amide bonds. The van der Waals surface area contributed by atoms with Crippen molar-refractivity contribution >= 4 is 31.6 Å². The lowest BCUT2D eigenvalue weighted by Gasteiger charge is -2.11. The topological polar surface area (TPSA) is 86.6 Å². The number of thiazole rings is 1. The fourth-order valence-electron chi connectivity index (χ4n) is 3.12. The number of fused-ring (bicyclic) bond motifs is 1. The van der Waals surface area contributed by atoms with Gasteiger partial charge < -0.3 is 9.47 Å². The molecule has 7 nitrogen and oxygen atoms in total. The van der Waals surface area contributed by atoms with Crippen LogP contribution in [0.3, 0.4) is 0 Å². The van der Waals surface area contributed by atoms with E-state index in [0.717, 1.165) is 22.4 Å². The van der Waals surface area contributed by atoms with Crippen molar-refractivity contribution in [2.24, 2.45) is 0 Å². The maximum Gasteiger partial charge on any atom is 0.308 e. The molecule has 1 aromatic heterocycles. The third-order valence-corrected chi connectivity index (χ3v) is 6.94. The number of benzene rings is 2. The van der Waals surface area contributed by atoms with Crippen LogP contribution in [-0.4, -0.2) is 33.7 Å². The second-order valence-electron chi connectivity index (χ2n) is 6.80. The first-order chi connectivity index (χ1) is 13.8. The Labute approximate surface area is 173 Å². The summed E-state index contributed by atoms with van der Waals surface area (Å²) in [7, 11) is -0.564. The van der Waals surface area contributed by atoms with E-state index in [1.54, 1.807) is 37.0 Å². The Balaban J connectivity index is 1.75. The van der Waals surface area contributed by atoms with E-state index < -0.39 is 10.0 Å². The van der Waals surface area contributed by atoms with Crippen molar-refractivity contribution in [3.63, 3.8) is 0 Å². The Morgan fingerprint density at radius 2 is 1.79 bits per heavy atom. The van der Waals surface area contributed by atoms with Crippen molar-refractivity contribution in [3.8, 4) is 11.5 Å². The number of hydrogen-bond acceptors (Lipinski definition) is 6. The lowest BCUT2D eigenvalue weighted by atomic mass is 10.1. The lowest BCUT2D eigenvalue weighted by molar-refractivity contribution is 0.354. The van der Waals surface area contributed by atoms with Gasteiger partial charge in [-0.3, -0.25) is 9.36 Å². The summed E-state index contributed by atoms with van der Waals surface area (Å²) in [5, 5.41) is 0. The van der Waals surface area contributed by atoms with Crippen LogP contribution >= 0.6 is 11.3 Å². The van der Waals surface area contributed by atoms with Crippen molar-refractivity contribution in [2.75, 3.05) is 20.8 Å². The molecule has 0 spiro atoms. The molecule has 0 aliphatic rings. The van der Waals surface area contributed by atoms with Crippen molar-refractivity contribution < 1.29 is 17.9 Å². The fourth-order valence-corrected chi connectivity index (χ4v) is 5.31. The molecule has 0 radical (unpaired) electrons.